The van der Waals surface area contributed by atoms with Crippen molar-refractivity contribution in [1.29, 1.82) is 0 Å². The van der Waals surface area contributed by atoms with Gasteiger partial charge in [-0.15, -0.1) is 0 Å². The summed E-state index contributed by atoms with van der Waals surface area (Å²) in [4.78, 5) is 15.7. The minimum Gasteiger partial charge on any atom is -0.455 e. The van der Waals surface area contributed by atoms with Crippen molar-refractivity contribution in [2.24, 2.45) is 0 Å². The van der Waals surface area contributed by atoms with Crippen molar-refractivity contribution in [2.75, 3.05) is 0 Å². The molecular weight excluding hydrogens is 671 g/mol. The number of furan rings is 1. The second-order valence-electron chi connectivity index (χ2n) is 14.0. The van der Waals surface area contributed by atoms with Gasteiger partial charge in [-0.3, -0.25) is 0 Å². The van der Waals surface area contributed by atoms with Gasteiger partial charge in [0.1, 0.15) is 11.2 Å². The first-order valence-electron chi connectivity index (χ1n) is 18.5. The Morgan fingerprint density at radius 1 is 0.309 bits per heavy atom. The van der Waals surface area contributed by atoms with Crippen LogP contribution in [-0.2, 0) is 0 Å². The maximum atomic E-state index is 6.84. The van der Waals surface area contributed by atoms with Crippen LogP contribution in [0.1, 0.15) is 0 Å². The Morgan fingerprint density at radius 2 is 0.855 bits per heavy atom. The Labute approximate surface area is 317 Å². The van der Waals surface area contributed by atoms with Gasteiger partial charge in [-0.1, -0.05) is 158 Å². The lowest BCUT2D eigenvalue weighted by Gasteiger charge is -2.15. The highest BCUT2D eigenvalue weighted by molar-refractivity contribution is 6.18. The van der Waals surface area contributed by atoms with Gasteiger partial charge in [-0.05, 0) is 73.8 Å². The van der Waals surface area contributed by atoms with Gasteiger partial charge in [0.2, 0.25) is 0 Å². The lowest BCUT2D eigenvalue weighted by atomic mass is 9.93. The van der Waals surface area contributed by atoms with E-state index < -0.39 is 0 Å². The van der Waals surface area contributed by atoms with Gasteiger partial charge < -0.3 is 4.42 Å². The fourth-order valence-electron chi connectivity index (χ4n) is 8.06. The van der Waals surface area contributed by atoms with Crippen LogP contribution in [0.5, 0.6) is 0 Å². The Kier molecular flexibility index (Phi) is 7.14. The third-order valence-electron chi connectivity index (χ3n) is 10.7. The number of nitrogens with zero attached hydrogens (tertiary/aromatic N) is 3. The van der Waals surface area contributed by atoms with Crippen LogP contribution >= 0.6 is 0 Å². The molecule has 0 radical (unpaired) electrons. The molecule has 0 aliphatic carbocycles. The quantitative estimate of drug-likeness (QED) is 0.179. The molecule has 0 fully saturated rings. The largest absolute Gasteiger partial charge is 0.455 e. The molecule has 0 N–H and O–H groups in total. The molecule has 55 heavy (non-hydrogen) atoms. The fraction of sp³-hybridized carbons (Fsp3) is 0. The second kappa shape index (κ2) is 12.6. The number of rotatable bonds is 5. The molecule has 0 bridgehead atoms. The van der Waals surface area contributed by atoms with Crippen LogP contribution in [0.4, 0.5) is 0 Å². The van der Waals surface area contributed by atoms with Crippen molar-refractivity contribution >= 4 is 54.3 Å². The maximum Gasteiger partial charge on any atom is 0.164 e. The Balaban J connectivity index is 1.16. The molecular formula is C51H31N3O. The van der Waals surface area contributed by atoms with Crippen molar-refractivity contribution in [3.8, 4) is 56.4 Å². The van der Waals surface area contributed by atoms with Gasteiger partial charge in [0.05, 0.1) is 0 Å². The zero-order valence-electron chi connectivity index (χ0n) is 29.6. The summed E-state index contributed by atoms with van der Waals surface area (Å²) in [6.45, 7) is 0. The molecule has 0 unspecified atom stereocenters. The van der Waals surface area contributed by atoms with Crippen LogP contribution in [-0.4, -0.2) is 15.0 Å². The molecule has 4 heteroatoms. The van der Waals surface area contributed by atoms with E-state index in [1.165, 1.54) is 10.8 Å². The molecule has 256 valence electrons. The molecule has 0 aliphatic heterocycles. The van der Waals surface area contributed by atoms with Crippen molar-refractivity contribution < 1.29 is 4.42 Å². The fourth-order valence-corrected chi connectivity index (χ4v) is 8.06. The van der Waals surface area contributed by atoms with Gasteiger partial charge >= 0.3 is 0 Å². The summed E-state index contributed by atoms with van der Waals surface area (Å²) in [6, 6.07) is 65.7. The van der Waals surface area contributed by atoms with E-state index in [4.69, 9.17) is 19.4 Å². The highest BCUT2D eigenvalue weighted by Crippen LogP contribution is 2.43. The Hall–Kier alpha value is -7.43. The molecule has 0 spiro atoms. The second-order valence-corrected chi connectivity index (χ2v) is 14.0. The van der Waals surface area contributed by atoms with Gasteiger partial charge in [0.15, 0.2) is 17.5 Å². The predicted molar refractivity (Wildman–Crippen MR) is 227 cm³/mol. The monoisotopic (exact) mass is 701 g/mol. The molecule has 0 atom stereocenters. The number of hydrogen-bond donors (Lipinski definition) is 0. The number of hydrogen-bond acceptors (Lipinski definition) is 4. The van der Waals surface area contributed by atoms with E-state index in [2.05, 4.69) is 176 Å². The summed E-state index contributed by atoms with van der Waals surface area (Å²) < 4.78 is 6.84. The minimum absolute atomic E-state index is 0.580. The van der Waals surface area contributed by atoms with E-state index in [0.29, 0.717) is 17.5 Å². The summed E-state index contributed by atoms with van der Waals surface area (Å²) in [5.74, 6) is 1.80. The summed E-state index contributed by atoms with van der Waals surface area (Å²) in [7, 11) is 0. The van der Waals surface area contributed by atoms with E-state index in [1.807, 2.05) is 12.1 Å². The third-order valence-corrected chi connectivity index (χ3v) is 10.7. The molecule has 0 saturated heterocycles. The van der Waals surface area contributed by atoms with Crippen LogP contribution < -0.4 is 0 Å². The Bertz CT molecular complexity index is 3260. The summed E-state index contributed by atoms with van der Waals surface area (Å²) in [5.41, 5.74) is 8.79. The minimum atomic E-state index is 0.580. The normalized spacial score (nSPS) is 11.6. The first-order valence-corrected chi connectivity index (χ1v) is 18.5. The topological polar surface area (TPSA) is 51.8 Å². The van der Waals surface area contributed by atoms with Gasteiger partial charge in [-0.2, -0.15) is 0 Å². The van der Waals surface area contributed by atoms with Crippen LogP contribution in [0.25, 0.3) is 111 Å². The average molecular weight is 702 g/mol. The van der Waals surface area contributed by atoms with Crippen molar-refractivity contribution in [1.82, 2.24) is 15.0 Å². The van der Waals surface area contributed by atoms with E-state index in [1.54, 1.807) is 0 Å². The lowest BCUT2D eigenvalue weighted by molar-refractivity contribution is 0.670. The van der Waals surface area contributed by atoms with Gasteiger partial charge in [-0.25, -0.2) is 15.0 Å². The molecule has 0 saturated carbocycles. The molecule has 0 amide bonds. The molecule has 11 aromatic rings. The standard InChI is InChI=1S/C51H31N3O/c1-3-15-34(16-4-1)46-40-21-11-9-14-33(40)25-28-43(46)51-53-49(38-24-23-32-13-7-8-19-36(32)29-38)52-50(54-51)39-26-27-42-44-30-37-20-10-12-22-41(37)47(35-17-5-2-6-18-35)48(44)55-45(42)31-39/h1-31H. The highest BCUT2D eigenvalue weighted by atomic mass is 16.3. The highest BCUT2D eigenvalue weighted by Gasteiger charge is 2.20. The number of aromatic nitrogens is 3. The first-order chi connectivity index (χ1) is 27.2. The average Bonchev–Trinajstić information content (AvgIpc) is 3.62. The third kappa shape index (κ3) is 5.26. The SMILES string of the molecule is c1ccc(-c2c(-c3nc(-c4ccc5ccccc5c4)nc(-c4ccc5c(c4)oc4c(-c6ccccc6)c6ccccc6cc45)n3)ccc3ccccc23)cc1. The molecule has 9 aromatic carbocycles. The molecule has 2 heterocycles. The summed E-state index contributed by atoms with van der Waals surface area (Å²) >= 11 is 0. The summed E-state index contributed by atoms with van der Waals surface area (Å²) in [6.07, 6.45) is 0. The van der Waals surface area contributed by atoms with Crippen LogP contribution in [0.15, 0.2) is 192 Å². The van der Waals surface area contributed by atoms with Gasteiger partial charge in [0.25, 0.3) is 0 Å². The molecule has 4 nitrogen and oxygen atoms in total. The van der Waals surface area contributed by atoms with E-state index >= 15 is 0 Å². The number of fused-ring (bicyclic) bond motifs is 6. The predicted octanol–water partition coefficient (Wildman–Crippen LogP) is 13.6. The van der Waals surface area contributed by atoms with Crippen LogP contribution in [0.2, 0.25) is 0 Å². The number of benzene rings is 9. The van der Waals surface area contributed by atoms with Crippen molar-refractivity contribution in [3.05, 3.63) is 188 Å². The van der Waals surface area contributed by atoms with Crippen LogP contribution in [0, 0.1) is 0 Å². The maximum absolute atomic E-state index is 6.84. The first kappa shape index (κ1) is 31.1. The zero-order chi connectivity index (χ0) is 36.3. The Morgan fingerprint density at radius 3 is 1.60 bits per heavy atom. The van der Waals surface area contributed by atoms with E-state index in [0.717, 1.165) is 82.4 Å². The smallest absolute Gasteiger partial charge is 0.164 e. The van der Waals surface area contributed by atoms with Crippen LogP contribution in [0.3, 0.4) is 0 Å². The molecule has 2 aromatic heterocycles. The van der Waals surface area contributed by atoms with Crippen molar-refractivity contribution in [3.63, 3.8) is 0 Å². The van der Waals surface area contributed by atoms with E-state index in [-0.39, 0.29) is 0 Å². The van der Waals surface area contributed by atoms with Crippen molar-refractivity contribution in [2.45, 2.75) is 0 Å². The summed E-state index contributed by atoms with van der Waals surface area (Å²) in [5, 5.41) is 9.06. The molecule has 0 aliphatic rings. The van der Waals surface area contributed by atoms with E-state index in [9.17, 15) is 0 Å². The zero-order valence-corrected chi connectivity index (χ0v) is 29.6. The molecule has 11 rings (SSSR count). The lowest BCUT2D eigenvalue weighted by Crippen LogP contribution is -2.01. The van der Waals surface area contributed by atoms with Gasteiger partial charge in [0, 0.05) is 38.6 Å².